The van der Waals surface area contributed by atoms with E-state index in [1.807, 2.05) is 14.0 Å². The van der Waals surface area contributed by atoms with Crippen molar-refractivity contribution >= 4 is 21.4 Å². The highest BCUT2D eigenvalue weighted by Crippen LogP contribution is 2.34. The van der Waals surface area contributed by atoms with E-state index >= 15 is 0 Å². The molecule has 0 amide bonds. The molecule has 1 N–H and O–H groups in total. The standard InChI is InChI=1S/C11H11F2NS/c1-6-9(5-14-2)15-11-8(13)4-3-7(12)10(6)11/h3-4,14H,5H2,1-2H3. The first-order chi connectivity index (χ1) is 7.15. The van der Waals surface area contributed by atoms with Gasteiger partial charge in [-0.25, -0.2) is 8.78 Å². The Morgan fingerprint density at radius 2 is 1.93 bits per heavy atom. The van der Waals surface area contributed by atoms with Gasteiger partial charge in [-0.15, -0.1) is 11.3 Å². The maximum atomic E-state index is 13.5. The number of rotatable bonds is 2. The number of nitrogens with one attached hydrogen (secondary N) is 1. The summed E-state index contributed by atoms with van der Waals surface area (Å²) < 4.78 is 27.3. The molecule has 2 rings (SSSR count). The number of hydrogen-bond donors (Lipinski definition) is 1. The number of halogens is 2. The van der Waals surface area contributed by atoms with Crippen LogP contribution in [-0.2, 0) is 6.54 Å². The fourth-order valence-electron chi connectivity index (χ4n) is 1.65. The van der Waals surface area contributed by atoms with Gasteiger partial charge in [0.05, 0.1) is 4.70 Å². The molecule has 1 nitrogen and oxygen atoms in total. The van der Waals surface area contributed by atoms with Gasteiger partial charge in [-0.2, -0.15) is 0 Å². The van der Waals surface area contributed by atoms with Gasteiger partial charge in [0, 0.05) is 16.8 Å². The van der Waals surface area contributed by atoms with Crippen molar-refractivity contribution in [1.82, 2.24) is 5.32 Å². The van der Waals surface area contributed by atoms with Crippen molar-refractivity contribution in [3.8, 4) is 0 Å². The van der Waals surface area contributed by atoms with Crippen molar-refractivity contribution in [2.24, 2.45) is 0 Å². The highest BCUT2D eigenvalue weighted by molar-refractivity contribution is 7.19. The lowest BCUT2D eigenvalue weighted by Gasteiger charge is -1.97. The summed E-state index contributed by atoms with van der Waals surface area (Å²) in [5, 5.41) is 3.41. The van der Waals surface area contributed by atoms with Crippen LogP contribution in [0.15, 0.2) is 12.1 Å². The highest BCUT2D eigenvalue weighted by Gasteiger charge is 2.14. The summed E-state index contributed by atoms with van der Waals surface area (Å²) in [5.41, 5.74) is 0.835. The Hall–Kier alpha value is -1.00. The van der Waals surface area contributed by atoms with Gasteiger partial charge in [-0.05, 0) is 31.7 Å². The van der Waals surface area contributed by atoms with E-state index in [4.69, 9.17) is 0 Å². The second-order valence-electron chi connectivity index (χ2n) is 3.41. The van der Waals surface area contributed by atoms with E-state index in [9.17, 15) is 8.78 Å². The van der Waals surface area contributed by atoms with Crippen molar-refractivity contribution < 1.29 is 8.78 Å². The minimum absolute atomic E-state index is 0.345. The molecule has 2 aromatic rings. The van der Waals surface area contributed by atoms with Crippen LogP contribution in [0.3, 0.4) is 0 Å². The maximum Gasteiger partial charge on any atom is 0.141 e. The predicted octanol–water partition coefficient (Wildman–Crippen LogP) is 3.21. The molecule has 0 aliphatic heterocycles. The minimum atomic E-state index is -0.346. The Labute approximate surface area is 90.7 Å². The Bertz CT molecular complexity index is 505. The van der Waals surface area contributed by atoms with Crippen LogP contribution in [0.5, 0.6) is 0 Å². The van der Waals surface area contributed by atoms with E-state index in [1.165, 1.54) is 23.5 Å². The maximum absolute atomic E-state index is 13.5. The molecule has 0 aliphatic carbocycles. The second kappa shape index (κ2) is 3.87. The summed E-state index contributed by atoms with van der Waals surface area (Å²) in [7, 11) is 1.82. The van der Waals surface area contributed by atoms with E-state index < -0.39 is 0 Å². The second-order valence-corrected chi connectivity index (χ2v) is 4.52. The van der Waals surface area contributed by atoms with Crippen molar-refractivity contribution in [3.63, 3.8) is 0 Å². The van der Waals surface area contributed by atoms with Gasteiger partial charge in [0.2, 0.25) is 0 Å². The first kappa shape index (κ1) is 10.5. The third kappa shape index (κ3) is 1.64. The molecule has 0 aliphatic rings. The first-order valence-corrected chi connectivity index (χ1v) is 5.47. The molecule has 0 radical (unpaired) electrons. The van der Waals surface area contributed by atoms with Crippen molar-refractivity contribution in [1.29, 1.82) is 0 Å². The summed E-state index contributed by atoms with van der Waals surface area (Å²) in [6, 6.07) is 2.36. The summed E-state index contributed by atoms with van der Waals surface area (Å²) in [6.07, 6.45) is 0. The van der Waals surface area contributed by atoms with Crippen LogP contribution < -0.4 is 5.32 Å². The number of aryl methyl sites for hydroxylation is 1. The van der Waals surface area contributed by atoms with Crippen LogP contribution in [0.4, 0.5) is 8.78 Å². The zero-order valence-corrected chi connectivity index (χ0v) is 9.34. The predicted molar refractivity (Wildman–Crippen MR) is 59.2 cm³/mol. The number of thiophene rings is 1. The summed E-state index contributed by atoms with van der Waals surface area (Å²) in [5.74, 6) is -0.690. The molecule has 4 heteroatoms. The van der Waals surface area contributed by atoms with Crippen LogP contribution in [0, 0.1) is 18.6 Å². The first-order valence-electron chi connectivity index (χ1n) is 4.65. The molecule has 0 atom stereocenters. The van der Waals surface area contributed by atoms with Crippen LogP contribution in [0.1, 0.15) is 10.4 Å². The van der Waals surface area contributed by atoms with E-state index in [0.717, 1.165) is 10.4 Å². The Morgan fingerprint density at radius 1 is 1.27 bits per heavy atom. The Kier molecular flexibility index (Phi) is 2.71. The highest BCUT2D eigenvalue weighted by atomic mass is 32.1. The van der Waals surface area contributed by atoms with Gasteiger partial charge < -0.3 is 5.32 Å². The molecule has 0 spiro atoms. The van der Waals surface area contributed by atoms with Crippen molar-refractivity contribution in [2.75, 3.05) is 7.05 Å². The van der Waals surface area contributed by atoms with Gasteiger partial charge in [0.1, 0.15) is 11.6 Å². The van der Waals surface area contributed by atoms with Crippen LogP contribution in [0.25, 0.3) is 10.1 Å². The van der Waals surface area contributed by atoms with Gasteiger partial charge in [0.15, 0.2) is 0 Å². The largest absolute Gasteiger partial charge is 0.315 e. The minimum Gasteiger partial charge on any atom is -0.315 e. The zero-order chi connectivity index (χ0) is 11.0. The van der Waals surface area contributed by atoms with Crippen LogP contribution >= 0.6 is 11.3 Å². The quantitative estimate of drug-likeness (QED) is 0.830. The number of hydrogen-bond acceptors (Lipinski definition) is 2. The van der Waals surface area contributed by atoms with E-state index in [2.05, 4.69) is 5.32 Å². The third-order valence-electron chi connectivity index (χ3n) is 2.41. The van der Waals surface area contributed by atoms with Crippen LogP contribution in [-0.4, -0.2) is 7.05 Å². The monoisotopic (exact) mass is 227 g/mol. The lowest BCUT2D eigenvalue weighted by Crippen LogP contribution is -2.04. The number of fused-ring (bicyclic) bond motifs is 1. The molecule has 1 aromatic heterocycles. The van der Waals surface area contributed by atoms with Gasteiger partial charge in [-0.3, -0.25) is 0 Å². The molecule has 0 saturated heterocycles. The van der Waals surface area contributed by atoms with E-state index in [0.29, 0.717) is 16.6 Å². The molecular weight excluding hydrogens is 216 g/mol. The number of benzene rings is 1. The van der Waals surface area contributed by atoms with Gasteiger partial charge in [-0.1, -0.05) is 0 Å². The van der Waals surface area contributed by atoms with Crippen LogP contribution in [0.2, 0.25) is 0 Å². The normalized spacial score (nSPS) is 11.2. The molecule has 0 unspecified atom stereocenters. The summed E-state index contributed by atoms with van der Waals surface area (Å²) >= 11 is 1.31. The molecule has 1 aromatic carbocycles. The Morgan fingerprint density at radius 3 is 2.53 bits per heavy atom. The average molecular weight is 227 g/mol. The zero-order valence-electron chi connectivity index (χ0n) is 8.53. The third-order valence-corrected chi connectivity index (χ3v) is 3.71. The molecular formula is C11H11F2NS. The van der Waals surface area contributed by atoms with E-state index in [-0.39, 0.29) is 11.6 Å². The smallest absolute Gasteiger partial charge is 0.141 e. The average Bonchev–Trinajstić information content (AvgIpc) is 2.53. The van der Waals surface area contributed by atoms with Crippen molar-refractivity contribution in [2.45, 2.75) is 13.5 Å². The SMILES string of the molecule is CNCc1sc2c(F)ccc(F)c2c1C. The lowest BCUT2D eigenvalue weighted by atomic mass is 10.1. The van der Waals surface area contributed by atoms with Gasteiger partial charge >= 0.3 is 0 Å². The van der Waals surface area contributed by atoms with Crippen molar-refractivity contribution in [3.05, 3.63) is 34.2 Å². The molecule has 1 heterocycles. The molecule has 0 saturated carbocycles. The lowest BCUT2D eigenvalue weighted by molar-refractivity contribution is 0.619. The molecule has 0 bridgehead atoms. The topological polar surface area (TPSA) is 12.0 Å². The molecule has 15 heavy (non-hydrogen) atoms. The Balaban J connectivity index is 2.75. The summed E-state index contributed by atoms with van der Waals surface area (Å²) in [6.45, 7) is 2.47. The fourth-order valence-corrected chi connectivity index (χ4v) is 2.89. The molecule has 0 fully saturated rings. The molecule has 80 valence electrons. The summed E-state index contributed by atoms with van der Waals surface area (Å²) in [4.78, 5) is 0.983. The van der Waals surface area contributed by atoms with E-state index in [1.54, 1.807) is 0 Å². The van der Waals surface area contributed by atoms with Gasteiger partial charge in [0.25, 0.3) is 0 Å². The fraction of sp³-hybridized carbons (Fsp3) is 0.273.